The summed E-state index contributed by atoms with van der Waals surface area (Å²) < 4.78 is 11.4. The Morgan fingerprint density at radius 1 is 0.717 bits per heavy atom. The molecule has 0 aliphatic rings. The van der Waals surface area contributed by atoms with Crippen LogP contribution in [-0.2, 0) is 24.7 Å². The van der Waals surface area contributed by atoms with Crippen LogP contribution >= 0.6 is 0 Å². The van der Waals surface area contributed by atoms with E-state index in [2.05, 4.69) is 163 Å². The van der Waals surface area contributed by atoms with Crippen LogP contribution < -0.4 is 4.74 Å². The zero-order valence-electron chi connectivity index (χ0n) is 33.0. The predicted molar refractivity (Wildman–Crippen MR) is 222 cm³/mol. The summed E-state index contributed by atoms with van der Waals surface area (Å²) in [6.07, 6.45) is 6.87. The van der Waals surface area contributed by atoms with Crippen molar-refractivity contribution in [2.24, 2.45) is 5.92 Å². The highest BCUT2D eigenvalue weighted by atomic mass is 16.5. The second-order valence-electron chi connectivity index (χ2n) is 16.2. The van der Waals surface area contributed by atoms with Gasteiger partial charge in [-0.05, 0) is 115 Å². The van der Waals surface area contributed by atoms with Crippen LogP contribution in [0.15, 0.2) is 97.2 Å². The summed E-state index contributed by atoms with van der Waals surface area (Å²) >= 11 is 0. The molecule has 7 aromatic rings. The summed E-state index contributed by atoms with van der Waals surface area (Å²) in [5.74, 6) is 3.07. The van der Waals surface area contributed by atoms with Gasteiger partial charge < -0.3 is 4.74 Å². The summed E-state index contributed by atoms with van der Waals surface area (Å²) in [4.78, 5) is 4.88. The first-order chi connectivity index (χ1) is 25.5. The third-order valence-electron chi connectivity index (χ3n) is 10.3. The summed E-state index contributed by atoms with van der Waals surface area (Å²) in [6.45, 7) is 20.3. The Labute approximate surface area is 315 Å². The molecule has 3 heterocycles. The maximum Gasteiger partial charge on any atom is 0.137 e. The number of aromatic nitrogens is 4. The van der Waals surface area contributed by atoms with E-state index in [9.17, 15) is 0 Å². The Morgan fingerprint density at radius 3 is 2.17 bits per heavy atom. The first-order valence-corrected chi connectivity index (χ1v) is 19.5. The van der Waals surface area contributed by atoms with Crippen LogP contribution in [0.1, 0.15) is 94.9 Å². The molecule has 0 atom stereocenters. The van der Waals surface area contributed by atoms with Gasteiger partial charge >= 0.3 is 0 Å². The zero-order chi connectivity index (χ0) is 37.4. The van der Waals surface area contributed by atoms with Crippen molar-refractivity contribution in [1.82, 2.24) is 19.3 Å². The fourth-order valence-electron chi connectivity index (χ4n) is 7.87. The first kappa shape index (κ1) is 36.2. The van der Waals surface area contributed by atoms with E-state index in [4.69, 9.17) is 14.8 Å². The van der Waals surface area contributed by atoms with Crippen molar-refractivity contribution >= 4 is 21.8 Å². The largest absolute Gasteiger partial charge is 0.457 e. The molecular weight excluding hydrogens is 649 g/mol. The van der Waals surface area contributed by atoms with Gasteiger partial charge in [-0.2, -0.15) is 5.10 Å². The van der Waals surface area contributed by atoms with Gasteiger partial charge in [0.05, 0.1) is 28.1 Å². The minimum atomic E-state index is -0.100. The lowest BCUT2D eigenvalue weighted by Gasteiger charge is -2.22. The lowest BCUT2D eigenvalue weighted by molar-refractivity contribution is 0.478. The van der Waals surface area contributed by atoms with Crippen LogP contribution in [0.3, 0.4) is 0 Å². The van der Waals surface area contributed by atoms with E-state index in [-0.39, 0.29) is 5.41 Å². The predicted octanol–water partition coefficient (Wildman–Crippen LogP) is 12.8. The highest BCUT2D eigenvalue weighted by Crippen LogP contribution is 2.39. The van der Waals surface area contributed by atoms with E-state index < -0.39 is 0 Å². The monoisotopic (exact) mass is 702 g/mol. The number of hydrogen-bond acceptors (Lipinski definition) is 3. The van der Waals surface area contributed by atoms with Gasteiger partial charge in [-0.3, -0.25) is 4.57 Å². The molecule has 0 fully saturated rings. The van der Waals surface area contributed by atoms with Crippen LogP contribution in [0.5, 0.6) is 11.5 Å². The molecule has 0 bridgehead atoms. The van der Waals surface area contributed by atoms with E-state index in [0.29, 0.717) is 5.92 Å². The second-order valence-corrected chi connectivity index (χ2v) is 16.2. The van der Waals surface area contributed by atoms with E-state index >= 15 is 0 Å². The van der Waals surface area contributed by atoms with Crippen LogP contribution in [0.4, 0.5) is 0 Å². The molecule has 0 unspecified atom stereocenters. The van der Waals surface area contributed by atoms with E-state index in [0.717, 1.165) is 66.1 Å². The van der Waals surface area contributed by atoms with E-state index in [1.807, 2.05) is 6.20 Å². The molecule has 5 heteroatoms. The van der Waals surface area contributed by atoms with Crippen molar-refractivity contribution in [2.45, 2.75) is 99.8 Å². The summed E-state index contributed by atoms with van der Waals surface area (Å²) in [5.41, 5.74) is 13.3. The van der Waals surface area contributed by atoms with E-state index in [1.54, 1.807) is 0 Å². The minimum absolute atomic E-state index is 0.100. The molecule has 0 saturated heterocycles. The molecule has 3 aromatic heterocycles. The van der Waals surface area contributed by atoms with Gasteiger partial charge in [0.15, 0.2) is 0 Å². The number of benzene rings is 4. The summed E-state index contributed by atoms with van der Waals surface area (Å²) in [5, 5.41) is 7.78. The summed E-state index contributed by atoms with van der Waals surface area (Å²) in [6, 6.07) is 32.7. The Hall–Kier alpha value is -5.16. The lowest BCUT2D eigenvalue weighted by Crippen LogP contribution is -2.13. The Kier molecular flexibility index (Phi) is 10.0. The van der Waals surface area contributed by atoms with Crippen LogP contribution in [-0.4, -0.2) is 19.3 Å². The number of nitrogens with zero attached hydrogens (tertiary/aromatic N) is 4. The molecule has 272 valence electrons. The highest BCUT2D eigenvalue weighted by molar-refractivity contribution is 6.09. The maximum absolute atomic E-state index is 6.88. The molecule has 0 spiro atoms. The average Bonchev–Trinajstić information content (AvgIpc) is 3.63. The number of fused-ring (bicyclic) bond motifs is 3. The highest BCUT2D eigenvalue weighted by Gasteiger charge is 2.24. The normalized spacial score (nSPS) is 12.0. The van der Waals surface area contributed by atoms with Gasteiger partial charge in [0, 0.05) is 34.7 Å². The maximum atomic E-state index is 6.88. The fraction of sp³-hybridized carbons (Fsp3) is 0.333. The standard InChI is InChI=1S/C48H54N4O/c1-10-15-41-47(46-32(5)17-14-18-33(46)6)43(16-11-2)52(50-41)36-27-35(48(7,8)9)28-38(29-36)53-37-21-22-40-39-19-12-13-20-42(39)51(44(40)30-37)45-26-34(23-24-49-45)25-31(3)4/h12-14,17-24,26-31H,10-11,15-16,25H2,1-9H3. The Bertz CT molecular complexity index is 2400. The smallest absolute Gasteiger partial charge is 0.137 e. The number of hydrogen-bond donors (Lipinski definition) is 0. The number of pyridine rings is 1. The van der Waals surface area contributed by atoms with Gasteiger partial charge in [0.25, 0.3) is 0 Å². The molecule has 0 aliphatic heterocycles. The van der Waals surface area contributed by atoms with E-state index in [1.165, 1.54) is 55.5 Å². The molecule has 4 aromatic carbocycles. The molecule has 0 N–H and O–H groups in total. The van der Waals surface area contributed by atoms with Crippen molar-refractivity contribution in [3.63, 3.8) is 0 Å². The summed E-state index contributed by atoms with van der Waals surface area (Å²) in [7, 11) is 0. The third-order valence-corrected chi connectivity index (χ3v) is 10.3. The van der Waals surface area contributed by atoms with Gasteiger partial charge in [-0.15, -0.1) is 0 Å². The first-order valence-electron chi connectivity index (χ1n) is 19.5. The van der Waals surface area contributed by atoms with Crippen LogP contribution in [0.2, 0.25) is 0 Å². The molecule has 0 radical (unpaired) electrons. The molecule has 53 heavy (non-hydrogen) atoms. The van der Waals surface area contributed by atoms with Gasteiger partial charge in [0.2, 0.25) is 0 Å². The van der Waals surface area contributed by atoms with Crippen molar-refractivity contribution in [3.8, 4) is 34.1 Å². The van der Waals surface area contributed by atoms with Crippen LogP contribution in [0.25, 0.3) is 44.4 Å². The van der Waals surface area contributed by atoms with Crippen molar-refractivity contribution < 1.29 is 4.74 Å². The van der Waals surface area contributed by atoms with Gasteiger partial charge in [-0.25, -0.2) is 9.67 Å². The number of para-hydroxylation sites is 1. The quantitative estimate of drug-likeness (QED) is 0.135. The van der Waals surface area contributed by atoms with Crippen molar-refractivity contribution in [2.75, 3.05) is 0 Å². The number of ether oxygens (including phenoxy) is 1. The Balaban J connectivity index is 1.38. The molecular formula is C48H54N4O. The van der Waals surface area contributed by atoms with Crippen molar-refractivity contribution in [3.05, 3.63) is 131 Å². The third kappa shape index (κ3) is 7.14. The number of aryl methyl sites for hydroxylation is 3. The minimum Gasteiger partial charge on any atom is -0.457 e. The lowest BCUT2D eigenvalue weighted by atomic mass is 9.86. The van der Waals surface area contributed by atoms with Crippen LogP contribution in [0, 0.1) is 19.8 Å². The van der Waals surface area contributed by atoms with Gasteiger partial charge in [-0.1, -0.05) is 97.7 Å². The molecule has 0 aliphatic carbocycles. The second kappa shape index (κ2) is 14.7. The molecule has 5 nitrogen and oxygen atoms in total. The fourth-order valence-corrected chi connectivity index (χ4v) is 7.87. The molecule has 7 rings (SSSR count). The average molecular weight is 703 g/mol. The topological polar surface area (TPSA) is 44.9 Å². The SMILES string of the molecule is CCCc1nn(-c2cc(Oc3ccc4c5ccccc5n(-c5cc(CC(C)C)ccn5)c4c3)cc(C(C)(C)C)c2)c(CCC)c1-c1c(C)cccc1C. The van der Waals surface area contributed by atoms with Gasteiger partial charge in [0.1, 0.15) is 17.3 Å². The van der Waals surface area contributed by atoms with Crippen molar-refractivity contribution in [1.29, 1.82) is 0 Å². The molecule has 0 saturated carbocycles. The molecule has 0 amide bonds. The number of rotatable bonds is 11. The Morgan fingerprint density at radius 2 is 1.45 bits per heavy atom. The zero-order valence-corrected chi connectivity index (χ0v) is 33.0.